The highest BCUT2D eigenvalue weighted by Crippen LogP contribution is 2.30. The molecular formula is C16H19BrClN3. The molecule has 2 aromatic rings. The number of nitrogens with zero attached hydrogens (tertiary/aromatic N) is 3. The van der Waals surface area contributed by atoms with E-state index in [0.717, 1.165) is 26.8 Å². The zero-order valence-corrected chi connectivity index (χ0v) is 15.0. The summed E-state index contributed by atoms with van der Waals surface area (Å²) in [5.74, 6) is 2.00. The van der Waals surface area contributed by atoms with Gasteiger partial charge in [0, 0.05) is 24.1 Å². The molecule has 0 spiro atoms. The smallest absolute Gasteiger partial charge is 0.134 e. The Morgan fingerprint density at radius 1 is 1.14 bits per heavy atom. The van der Waals surface area contributed by atoms with Gasteiger partial charge in [0.15, 0.2) is 0 Å². The van der Waals surface area contributed by atoms with Crippen LogP contribution in [0, 0.1) is 0 Å². The summed E-state index contributed by atoms with van der Waals surface area (Å²) < 4.78 is 0.800. The molecule has 0 aliphatic heterocycles. The Bertz CT molecular complexity index is 631. The summed E-state index contributed by atoms with van der Waals surface area (Å²) in [5, 5.41) is 0.772. The molecule has 3 nitrogen and oxygen atoms in total. The molecule has 1 atom stereocenters. The summed E-state index contributed by atoms with van der Waals surface area (Å²) in [6.07, 6.45) is 0. The Kier molecular flexibility index (Phi) is 5.22. The van der Waals surface area contributed by atoms with Gasteiger partial charge in [0.2, 0.25) is 0 Å². The Morgan fingerprint density at radius 3 is 2.43 bits per heavy atom. The number of hydrogen-bond donors (Lipinski definition) is 0. The molecule has 1 heterocycles. The Labute approximate surface area is 139 Å². The maximum absolute atomic E-state index is 6.29. The second-order valence-electron chi connectivity index (χ2n) is 5.37. The van der Waals surface area contributed by atoms with Gasteiger partial charge in [-0.05, 0) is 34.5 Å². The Balaban J connectivity index is 2.35. The van der Waals surface area contributed by atoms with Crippen molar-refractivity contribution in [1.29, 1.82) is 0 Å². The first-order chi connectivity index (χ1) is 9.90. The third-order valence-electron chi connectivity index (χ3n) is 3.51. The third-order valence-corrected chi connectivity index (χ3v) is 4.26. The van der Waals surface area contributed by atoms with Gasteiger partial charge in [-0.2, -0.15) is 0 Å². The number of hydrogen-bond acceptors (Lipinski definition) is 3. The molecule has 1 aromatic carbocycles. The van der Waals surface area contributed by atoms with Gasteiger partial charge in [-0.1, -0.05) is 43.6 Å². The number of benzene rings is 1. The highest BCUT2D eigenvalue weighted by Gasteiger charge is 2.17. The lowest BCUT2D eigenvalue weighted by Gasteiger charge is -2.27. The number of aromatic nitrogens is 2. The highest BCUT2D eigenvalue weighted by atomic mass is 79.9. The number of anilines is 1. The maximum Gasteiger partial charge on any atom is 0.134 e. The van der Waals surface area contributed by atoms with Crippen LogP contribution in [0.3, 0.4) is 0 Å². The fourth-order valence-corrected chi connectivity index (χ4v) is 2.76. The molecule has 0 saturated heterocycles. The molecule has 112 valence electrons. The fraction of sp³-hybridized carbons (Fsp3) is 0.375. The zero-order chi connectivity index (χ0) is 15.6. The lowest BCUT2D eigenvalue weighted by atomic mass is 10.1. The quantitative estimate of drug-likeness (QED) is 0.693. The lowest BCUT2D eigenvalue weighted by Crippen LogP contribution is -2.23. The summed E-state index contributed by atoms with van der Waals surface area (Å²) in [7, 11) is 2.02. The Hall–Kier alpha value is -1.13. The maximum atomic E-state index is 6.29. The largest absolute Gasteiger partial charge is 0.353 e. The standard InChI is InChI=1S/C16H19BrClN3/c1-10(2)16-19-14(17)9-15(20-16)21(4)11(3)12-7-5-6-8-13(12)18/h5-11H,1-4H3. The molecule has 1 unspecified atom stereocenters. The average molecular weight is 369 g/mol. The van der Waals surface area contributed by atoms with Crippen LogP contribution >= 0.6 is 27.5 Å². The van der Waals surface area contributed by atoms with Crippen molar-refractivity contribution in [2.75, 3.05) is 11.9 Å². The van der Waals surface area contributed by atoms with Crippen LogP contribution in [0.4, 0.5) is 5.82 Å². The van der Waals surface area contributed by atoms with E-state index >= 15 is 0 Å². The Morgan fingerprint density at radius 2 is 1.81 bits per heavy atom. The molecule has 0 bridgehead atoms. The van der Waals surface area contributed by atoms with Crippen LogP contribution in [0.1, 0.15) is 44.1 Å². The first-order valence-corrected chi connectivity index (χ1v) is 8.09. The molecule has 0 N–H and O–H groups in total. The van der Waals surface area contributed by atoms with Gasteiger partial charge in [0.05, 0.1) is 6.04 Å². The fourth-order valence-electron chi connectivity index (χ4n) is 2.08. The minimum absolute atomic E-state index is 0.125. The molecule has 0 fully saturated rings. The number of halogens is 2. The summed E-state index contributed by atoms with van der Waals surface area (Å²) in [5.41, 5.74) is 1.09. The summed E-state index contributed by atoms with van der Waals surface area (Å²) in [6, 6.07) is 9.96. The molecule has 21 heavy (non-hydrogen) atoms. The molecule has 0 amide bonds. The molecule has 0 saturated carbocycles. The summed E-state index contributed by atoms with van der Waals surface area (Å²) in [4.78, 5) is 11.2. The minimum atomic E-state index is 0.125. The van der Waals surface area contributed by atoms with Gasteiger partial charge in [0.25, 0.3) is 0 Å². The molecule has 2 rings (SSSR count). The van der Waals surface area contributed by atoms with Crippen molar-refractivity contribution < 1.29 is 0 Å². The van der Waals surface area contributed by atoms with Crippen molar-refractivity contribution in [3.8, 4) is 0 Å². The summed E-state index contributed by atoms with van der Waals surface area (Å²) >= 11 is 9.76. The normalized spacial score (nSPS) is 12.5. The topological polar surface area (TPSA) is 29.0 Å². The van der Waals surface area contributed by atoms with Crippen molar-refractivity contribution in [1.82, 2.24) is 9.97 Å². The molecule has 0 radical (unpaired) electrons. The van der Waals surface area contributed by atoms with E-state index in [4.69, 9.17) is 11.6 Å². The first kappa shape index (κ1) is 16.2. The monoisotopic (exact) mass is 367 g/mol. The van der Waals surface area contributed by atoms with Crippen LogP contribution < -0.4 is 4.90 Å². The van der Waals surface area contributed by atoms with Gasteiger partial charge in [-0.25, -0.2) is 9.97 Å². The van der Waals surface area contributed by atoms with E-state index in [1.54, 1.807) is 0 Å². The van der Waals surface area contributed by atoms with E-state index in [1.165, 1.54) is 0 Å². The third kappa shape index (κ3) is 3.74. The van der Waals surface area contributed by atoms with E-state index in [9.17, 15) is 0 Å². The molecule has 0 aliphatic rings. The van der Waals surface area contributed by atoms with Gasteiger partial charge in [-0.15, -0.1) is 0 Å². The van der Waals surface area contributed by atoms with Crippen LogP contribution in [-0.4, -0.2) is 17.0 Å². The van der Waals surface area contributed by atoms with Crippen LogP contribution in [0.5, 0.6) is 0 Å². The minimum Gasteiger partial charge on any atom is -0.353 e. The van der Waals surface area contributed by atoms with Gasteiger partial charge >= 0.3 is 0 Å². The number of rotatable bonds is 4. The second-order valence-corrected chi connectivity index (χ2v) is 6.59. The van der Waals surface area contributed by atoms with Crippen molar-refractivity contribution in [2.24, 2.45) is 0 Å². The van der Waals surface area contributed by atoms with Crippen LogP contribution in [0.2, 0.25) is 5.02 Å². The van der Waals surface area contributed by atoms with Crippen LogP contribution in [0.15, 0.2) is 34.9 Å². The van der Waals surface area contributed by atoms with E-state index in [2.05, 4.69) is 51.6 Å². The van der Waals surface area contributed by atoms with E-state index < -0.39 is 0 Å². The van der Waals surface area contributed by atoms with E-state index in [1.807, 2.05) is 37.4 Å². The molecule has 0 aliphatic carbocycles. The van der Waals surface area contributed by atoms with Crippen molar-refractivity contribution in [3.63, 3.8) is 0 Å². The SMILES string of the molecule is CC(C)c1nc(Br)cc(N(C)C(C)c2ccccc2Cl)n1. The van der Waals surface area contributed by atoms with Crippen LogP contribution in [-0.2, 0) is 0 Å². The van der Waals surface area contributed by atoms with E-state index in [0.29, 0.717) is 0 Å². The van der Waals surface area contributed by atoms with Crippen LogP contribution in [0.25, 0.3) is 0 Å². The van der Waals surface area contributed by atoms with Crippen molar-refractivity contribution in [3.05, 3.63) is 51.3 Å². The van der Waals surface area contributed by atoms with E-state index in [-0.39, 0.29) is 12.0 Å². The molecule has 5 heteroatoms. The second kappa shape index (κ2) is 6.75. The lowest BCUT2D eigenvalue weighted by molar-refractivity contribution is 0.706. The summed E-state index contributed by atoms with van der Waals surface area (Å²) in [6.45, 7) is 6.29. The van der Waals surface area contributed by atoms with Gasteiger partial charge in [-0.3, -0.25) is 0 Å². The van der Waals surface area contributed by atoms with Gasteiger partial charge in [0.1, 0.15) is 16.2 Å². The molecular weight excluding hydrogens is 350 g/mol. The predicted octanol–water partition coefficient (Wildman–Crippen LogP) is 5.21. The first-order valence-electron chi connectivity index (χ1n) is 6.92. The average Bonchev–Trinajstić information content (AvgIpc) is 2.45. The zero-order valence-electron chi connectivity index (χ0n) is 12.6. The highest BCUT2D eigenvalue weighted by molar-refractivity contribution is 9.10. The van der Waals surface area contributed by atoms with Crippen molar-refractivity contribution in [2.45, 2.75) is 32.7 Å². The van der Waals surface area contributed by atoms with Crippen molar-refractivity contribution >= 4 is 33.3 Å². The predicted molar refractivity (Wildman–Crippen MR) is 92.1 cm³/mol. The van der Waals surface area contributed by atoms with Gasteiger partial charge < -0.3 is 4.90 Å². The molecule has 1 aromatic heterocycles.